The Morgan fingerprint density at radius 2 is 1.90 bits per heavy atom. The van der Waals surface area contributed by atoms with Crippen LogP contribution in [-0.2, 0) is 11.2 Å². The second kappa shape index (κ2) is 5.97. The van der Waals surface area contributed by atoms with E-state index in [0.717, 1.165) is 38.3 Å². The van der Waals surface area contributed by atoms with Crippen LogP contribution in [0.2, 0.25) is 0 Å². The number of hydrogen-bond acceptors (Lipinski definition) is 3. The van der Waals surface area contributed by atoms with Gasteiger partial charge < -0.3 is 5.32 Å². The minimum absolute atomic E-state index is 0.0189. The number of carbonyl (C=O) groups is 1. The van der Waals surface area contributed by atoms with Crippen molar-refractivity contribution in [3.8, 4) is 0 Å². The van der Waals surface area contributed by atoms with Crippen LogP contribution in [0.4, 0.5) is 8.78 Å². The van der Waals surface area contributed by atoms with Crippen LogP contribution in [0.25, 0.3) is 0 Å². The van der Waals surface area contributed by atoms with E-state index in [0.29, 0.717) is 5.56 Å². The number of nitrogens with zero attached hydrogens (tertiary/aromatic N) is 1. The fraction of sp³-hybridized carbons (Fsp3) is 0.533. The van der Waals surface area contributed by atoms with Gasteiger partial charge >= 0.3 is 0 Å². The van der Waals surface area contributed by atoms with Gasteiger partial charge in [-0.2, -0.15) is 0 Å². The standard InChI is InChI=1S/C15H20F2N2O/c1-15(2,19-7-5-18-6-8-19)14(20)10-11-3-4-12(16)13(17)9-11/h3-4,9,18H,5-8,10H2,1-2H3. The third kappa shape index (κ3) is 3.22. The Balaban J connectivity index is 2.07. The first-order valence-electron chi connectivity index (χ1n) is 6.84. The fourth-order valence-corrected chi connectivity index (χ4v) is 2.45. The van der Waals surface area contributed by atoms with Crippen LogP contribution in [0.15, 0.2) is 18.2 Å². The van der Waals surface area contributed by atoms with Gasteiger partial charge in [0.25, 0.3) is 0 Å². The van der Waals surface area contributed by atoms with Crippen molar-refractivity contribution in [2.45, 2.75) is 25.8 Å². The highest BCUT2D eigenvalue weighted by Gasteiger charge is 2.34. The van der Waals surface area contributed by atoms with Gasteiger partial charge in [0.1, 0.15) is 0 Å². The van der Waals surface area contributed by atoms with Crippen LogP contribution >= 0.6 is 0 Å². The minimum Gasteiger partial charge on any atom is -0.314 e. The van der Waals surface area contributed by atoms with Gasteiger partial charge in [-0.1, -0.05) is 6.07 Å². The van der Waals surface area contributed by atoms with Crippen molar-refractivity contribution in [1.82, 2.24) is 10.2 Å². The molecule has 1 fully saturated rings. The highest BCUT2D eigenvalue weighted by molar-refractivity contribution is 5.89. The summed E-state index contributed by atoms with van der Waals surface area (Å²) in [6, 6.07) is 3.63. The van der Waals surface area contributed by atoms with E-state index in [1.54, 1.807) is 0 Å². The van der Waals surface area contributed by atoms with Crippen LogP contribution in [0, 0.1) is 11.6 Å². The molecule has 0 amide bonds. The SMILES string of the molecule is CC(C)(C(=O)Cc1ccc(F)c(F)c1)N1CCNCC1. The van der Waals surface area contributed by atoms with Crippen molar-refractivity contribution in [2.75, 3.05) is 26.2 Å². The van der Waals surface area contributed by atoms with Gasteiger partial charge in [0.15, 0.2) is 17.4 Å². The number of ketones is 1. The predicted octanol–water partition coefficient (Wildman–Crippen LogP) is 1.76. The number of hydrogen-bond donors (Lipinski definition) is 1. The smallest absolute Gasteiger partial charge is 0.159 e. The summed E-state index contributed by atoms with van der Waals surface area (Å²) in [7, 11) is 0. The fourth-order valence-electron chi connectivity index (χ4n) is 2.45. The van der Waals surface area contributed by atoms with Crippen molar-refractivity contribution in [3.63, 3.8) is 0 Å². The maximum Gasteiger partial charge on any atom is 0.159 e. The molecule has 5 heteroatoms. The largest absolute Gasteiger partial charge is 0.314 e. The number of carbonyl (C=O) groups excluding carboxylic acids is 1. The first kappa shape index (κ1) is 15.1. The third-order valence-electron chi connectivity index (χ3n) is 3.94. The van der Waals surface area contributed by atoms with Crippen molar-refractivity contribution in [1.29, 1.82) is 0 Å². The van der Waals surface area contributed by atoms with E-state index < -0.39 is 17.2 Å². The molecule has 1 aromatic rings. The van der Waals surface area contributed by atoms with Gasteiger partial charge in [0.2, 0.25) is 0 Å². The summed E-state index contributed by atoms with van der Waals surface area (Å²) in [5.74, 6) is -1.77. The highest BCUT2D eigenvalue weighted by Crippen LogP contribution is 2.19. The molecule has 2 rings (SSSR count). The lowest BCUT2D eigenvalue weighted by Crippen LogP contribution is -2.57. The number of halogens is 2. The average Bonchev–Trinajstić information content (AvgIpc) is 2.44. The Kier molecular flexibility index (Phi) is 4.50. The van der Waals surface area contributed by atoms with Crippen molar-refractivity contribution in [3.05, 3.63) is 35.4 Å². The van der Waals surface area contributed by atoms with Crippen LogP contribution < -0.4 is 5.32 Å². The number of benzene rings is 1. The molecule has 0 atom stereocenters. The Labute approximate surface area is 118 Å². The lowest BCUT2D eigenvalue weighted by Gasteiger charge is -2.40. The molecule has 0 aliphatic carbocycles. The molecule has 0 unspecified atom stereocenters. The van der Waals surface area contributed by atoms with Gasteiger partial charge in [-0.3, -0.25) is 9.69 Å². The maximum atomic E-state index is 13.2. The second-order valence-electron chi connectivity index (χ2n) is 5.64. The van der Waals surface area contributed by atoms with E-state index in [4.69, 9.17) is 0 Å². The zero-order valence-corrected chi connectivity index (χ0v) is 11.9. The zero-order chi connectivity index (χ0) is 14.8. The third-order valence-corrected chi connectivity index (χ3v) is 3.94. The van der Waals surface area contributed by atoms with E-state index in [2.05, 4.69) is 10.2 Å². The lowest BCUT2D eigenvalue weighted by molar-refractivity contribution is -0.129. The van der Waals surface area contributed by atoms with Gasteiger partial charge in [-0.25, -0.2) is 8.78 Å². The molecule has 0 radical (unpaired) electrons. The Morgan fingerprint density at radius 1 is 1.25 bits per heavy atom. The molecule has 20 heavy (non-hydrogen) atoms. The molecule has 1 aliphatic heterocycles. The van der Waals surface area contributed by atoms with E-state index in [1.165, 1.54) is 6.07 Å². The quantitative estimate of drug-likeness (QED) is 0.913. The molecule has 1 heterocycles. The van der Waals surface area contributed by atoms with E-state index in [-0.39, 0.29) is 12.2 Å². The second-order valence-corrected chi connectivity index (χ2v) is 5.64. The summed E-state index contributed by atoms with van der Waals surface area (Å²) in [6.07, 6.45) is 0.119. The summed E-state index contributed by atoms with van der Waals surface area (Å²) in [4.78, 5) is 14.6. The summed E-state index contributed by atoms with van der Waals surface area (Å²) < 4.78 is 26.1. The highest BCUT2D eigenvalue weighted by atomic mass is 19.2. The number of rotatable bonds is 4. The molecule has 1 aliphatic rings. The first-order chi connectivity index (χ1) is 9.41. The first-order valence-corrected chi connectivity index (χ1v) is 6.84. The minimum atomic E-state index is -0.907. The van der Waals surface area contributed by atoms with Gasteiger partial charge in [-0.05, 0) is 31.5 Å². The monoisotopic (exact) mass is 282 g/mol. The molecular weight excluding hydrogens is 262 g/mol. The van der Waals surface area contributed by atoms with Crippen LogP contribution in [0.3, 0.4) is 0 Å². The molecule has 110 valence electrons. The maximum absolute atomic E-state index is 13.2. The van der Waals surface area contributed by atoms with Crippen LogP contribution in [0.1, 0.15) is 19.4 Å². The lowest BCUT2D eigenvalue weighted by atomic mass is 9.91. The summed E-state index contributed by atoms with van der Waals surface area (Å²) in [5.41, 5.74) is -0.0791. The molecule has 0 saturated carbocycles. The van der Waals surface area contributed by atoms with E-state index in [9.17, 15) is 13.6 Å². The Morgan fingerprint density at radius 3 is 2.50 bits per heavy atom. The summed E-state index contributed by atoms with van der Waals surface area (Å²) in [5, 5.41) is 3.24. The zero-order valence-electron chi connectivity index (χ0n) is 11.9. The summed E-state index contributed by atoms with van der Waals surface area (Å²) >= 11 is 0. The van der Waals surface area contributed by atoms with Crippen LogP contribution in [-0.4, -0.2) is 42.4 Å². The molecular formula is C15H20F2N2O. The molecule has 0 bridgehead atoms. The normalized spacial score (nSPS) is 17.2. The van der Waals surface area contributed by atoms with E-state index in [1.807, 2.05) is 13.8 Å². The number of nitrogens with one attached hydrogen (secondary N) is 1. The van der Waals surface area contributed by atoms with Gasteiger partial charge in [0, 0.05) is 32.6 Å². The molecule has 1 saturated heterocycles. The van der Waals surface area contributed by atoms with Gasteiger partial charge in [0.05, 0.1) is 5.54 Å². The molecule has 3 nitrogen and oxygen atoms in total. The molecule has 1 N–H and O–H groups in total. The number of Topliss-reactive ketones (excluding diaryl/α,β-unsaturated/α-hetero) is 1. The Bertz CT molecular complexity index is 497. The van der Waals surface area contributed by atoms with Crippen molar-refractivity contribution < 1.29 is 13.6 Å². The van der Waals surface area contributed by atoms with Crippen LogP contribution in [0.5, 0.6) is 0 Å². The molecule has 0 aromatic heterocycles. The summed E-state index contributed by atoms with van der Waals surface area (Å²) in [6.45, 7) is 7.14. The van der Waals surface area contributed by atoms with Crippen molar-refractivity contribution in [2.24, 2.45) is 0 Å². The molecule has 0 spiro atoms. The number of piperazine rings is 1. The topological polar surface area (TPSA) is 32.3 Å². The molecule has 1 aromatic carbocycles. The van der Waals surface area contributed by atoms with Crippen molar-refractivity contribution >= 4 is 5.78 Å². The average molecular weight is 282 g/mol. The Hall–Kier alpha value is -1.33. The van der Waals surface area contributed by atoms with Gasteiger partial charge in [-0.15, -0.1) is 0 Å². The predicted molar refractivity (Wildman–Crippen MR) is 73.6 cm³/mol. The van der Waals surface area contributed by atoms with E-state index >= 15 is 0 Å².